The fraction of sp³-hybridized carbons (Fsp3) is 0.176. The van der Waals surface area contributed by atoms with Crippen LogP contribution in [-0.2, 0) is 0 Å². The van der Waals surface area contributed by atoms with Gasteiger partial charge in [0.2, 0.25) is 0 Å². The van der Waals surface area contributed by atoms with E-state index in [4.69, 9.17) is 58.0 Å². The van der Waals surface area contributed by atoms with Crippen molar-refractivity contribution in [3.8, 4) is 5.75 Å². The third-order valence-electron chi connectivity index (χ3n) is 2.77. The fourth-order valence-corrected chi connectivity index (χ4v) is 3.33. The fourth-order valence-electron chi connectivity index (χ4n) is 1.49. The summed E-state index contributed by atoms with van der Waals surface area (Å²) in [6.07, 6.45) is 4.26. The van der Waals surface area contributed by atoms with Gasteiger partial charge in [-0.05, 0) is 24.0 Å². The molecule has 0 aromatic heterocycles. The number of phenols is 1. The maximum absolute atomic E-state index is 13.0. The van der Waals surface area contributed by atoms with Gasteiger partial charge in [-0.2, -0.15) is 0 Å². The van der Waals surface area contributed by atoms with Gasteiger partial charge >= 0.3 is 0 Å². The van der Waals surface area contributed by atoms with Crippen LogP contribution < -0.4 is 0 Å². The second kappa shape index (κ2) is 11.4. The third kappa shape index (κ3) is 6.74. The molecule has 0 aliphatic carbocycles. The lowest BCUT2D eigenvalue weighted by Crippen LogP contribution is -1.78. The van der Waals surface area contributed by atoms with Gasteiger partial charge in [-0.25, -0.2) is 4.39 Å². The molecule has 8 heteroatoms. The Hall–Kier alpha value is -0.290. The molecule has 0 saturated heterocycles. The molecule has 0 amide bonds. The molecular weight excluding hydrogens is 449 g/mol. The molecule has 2 aromatic carbocycles. The van der Waals surface area contributed by atoms with Crippen LogP contribution in [0, 0.1) is 5.82 Å². The number of phenolic OH excluding ortho intramolecular Hbond substituents is 1. The van der Waals surface area contributed by atoms with Crippen molar-refractivity contribution in [3.63, 3.8) is 0 Å². The van der Waals surface area contributed by atoms with E-state index in [2.05, 4.69) is 13.0 Å². The van der Waals surface area contributed by atoms with E-state index in [0.717, 1.165) is 12.8 Å². The van der Waals surface area contributed by atoms with Gasteiger partial charge in [0.05, 0.1) is 15.1 Å². The summed E-state index contributed by atoms with van der Waals surface area (Å²) < 4.78 is 13.0. The summed E-state index contributed by atoms with van der Waals surface area (Å²) in [6, 6.07) is 6.82. The Morgan fingerprint density at radius 3 is 2.00 bits per heavy atom. The minimum absolute atomic E-state index is 0.00904. The number of unbranched alkanes of at least 4 members (excludes halogenated alkanes) is 1. The number of thioether (sulfide) groups is 1. The summed E-state index contributed by atoms with van der Waals surface area (Å²) in [6.45, 7) is 2.12. The Labute approximate surface area is 175 Å². The van der Waals surface area contributed by atoms with Crippen LogP contribution in [0.25, 0.3) is 0 Å². The van der Waals surface area contributed by atoms with E-state index in [-0.39, 0.29) is 36.7 Å². The second-order valence-electron chi connectivity index (χ2n) is 4.63. The van der Waals surface area contributed by atoms with Crippen LogP contribution in [0.3, 0.4) is 0 Å². The molecule has 2 rings (SSSR count). The Morgan fingerprint density at radius 2 is 1.48 bits per heavy atom. The highest BCUT2D eigenvalue weighted by Gasteiger charge is 2.18. The zero-order chi connectivity index (χ0) is 19.0. The zero-order valence-electron chi connectivity index (χ0n) is 13.0. The highest BCUT2D eigenvalue weighted by molar-refractivity contribution is 8.02. The Balaban J connectivity index is 0.000000251. The molecule has 136 valence electrons. The normalized spacial score (nSPS) is 10.7. The first-order valence-corrected chi connectivity index (χ1v) is 9.84. The first-order chi connectivity index (χ1) is 11.8. The van der Waals surface area contributed by atoms with Gasteiger partial charge in [-0.15, -0.1) is 0 Å². The standard InChI is InChI=1S/C11H13FS.C6HCl5O/c1-2-3-6-9-13-11-8-5-4-7-10(11)12;7-1-2(8)4(10)6(12)5(11)3(1)9/h4-9H,2-3H2,1H3;12H/b9-6+;. The summed E-state index contributed by atoms with van der Waals surface area (Å²) in [4.78, 5) is 0.690. The summed E-state index contributed by atoms with van der Waals surface area (Å²) in [5, 5.41) is 11.0. The first kappa shape index (κ1) is 22.8. The Morgan fingerprint density at radius 1 is 0.960 bits per heavy atom. The predicted octanol–water partition coefficient (Wildman–Crippen LogP) is 8.89. The molecule has 0 aliphatic rings. The molecule has 0 atom stereocenters. The van der Waals surface area contributed by atoms with Gasteiger partial charge in [-0.3, -0.25) is 0 Å². The summed E-state index contributed by atoms with van der Waals surface area (Å²) >= 11 is 29.3. The molecule has 0 aliphatic heterocycles. The molecule has 1 nitrogen and oxygen atoms in total. The maximum Gasteiger partial charge on any atom is 0.155 e. The van der Waals surface area contributed by atoms with E-state index in [0.29, 0.717) is 4.90 Å². The smallest absolute Gasteiger partial charge is 0.155 e. The molecule has 25 heavy (non-hydrogen) atoms. The largest absolute Gasteiger partial charge is 0.505 e. The summed E-state index contributed by atoms with van der Waals surface area (Å²) in [7, 11) is 0. The summed E-state index contributed by atoms with van der Waals surface area (Å²) in [5.41, 5.74) is 0. The van der Waals surface area contributed by atoms with Gasteiger partial charge in [0.25, 0.3) is 0 Å². The molecule has 1 N–H and O–H groups in total. The van der Waals surface area contributed by atoms with Crippen LogP contribution in [0.5, 0.6) is 5.75 Å². The third-order valence-corrected chi connectivity index (χ3v) is 5.94. The Bertz CT molecular complexity index is 647. The first-order valence-electron chi connectivity index (χ1n) is 7.07. The van der Waals surface area contributed by atoms with E-state index in [1.807, 2.05) is 11.5 Å². The number of allylic oxidation sites excluding steroid dienone is 1. The van der Waals surface area contributed by atoms with Crippen LogP contribution in [-0.4, -0.2) is 5.11 Å². The van der Waals surface area contributed by atoms with Crippen molar-refractivity contribution >= 4 is 69.8 Å². The Kier molecular flexibility index (Phi) is 10.4. The average Bonchev–Trinajstić information content (AvgIpc) is 2.62. The number of aromatic hydroxyl groups is 1. The zero-order valence-corrected chi connectivity index (χ0v) is 17.6. The highest BCUT2D eigenvalue weighted by atomic mass is 35.5. The van der Waals surface area contributed by atoms with E-state index in [1.165, 1.54) is 17.8 Å². The highest BCUT2D eigenvalue weighted by Crippen LogP contribution is 2.47. The van der Waals surface area contributed by atoms with Crippen LogP contribution in [0.2, 0.25) is 25.1 Å². The van der Waals surface area contributed by atoms with Gasteiger partial charge < -0.3 is 5.11 Å². The van der Waals surface area contributed by atoms with Gasteiger partial charge in [-0.1, -0.05) is 101 Å². The quantitative estimate of drug-likeness (QED) is 0.278. The second-order valence-corrected chi connectivity index (χ2v) is 7.46. The maximum atomic E-state index is 13.0. The predicted molar refractivity (Wildman–Crippen MR) is 109 cm³/mol. The van der Waals surface area contributed by atoms with Crippen molar-refractivity contribution in [3.05, 3.63) is 66.7 Å². The van der Waals surface area contributed by atoms with Crippen molar-refractivity contribution in [1.82, 2.24) is 0 Å². The molecule has 0 spiro atoms. The SMILES string of the molecule is CCC/C=C/Sc1ccccc1F.Oc1c(Cl)c(Cl)c(Cl)c(Cl)c1Cl. The van der Waals surface area contributed by atoms with Crippen molar-refractivity contribution in [2.75, 3.05) is 0 Å². The molecule has 0 saturated carbocycles. The molecular formula is C17H14Cl5FOS. The van der Waals surface area contributed by atoms with Crippen LogP contribution in [0.4, 0.5) is 4.39 Å². The number of rotatable bonds is 4. The summed E-state index contributed by atoms with van der Waals surface area (Å²) in [5.74, 6) is -0.508. The van der Waals surface area contributed by atoms with E-state index in [1.54, 1.807) is 12.1 Å². The number of hydrogen-bond donors (Lipinski definition) is 1. The van der Waals surface area contributed by atoms with Crippen molar-refractivity contribution in [1.29, 1.82) is 0 Å². The van der Waals surface area contributed by atoms with Gasteiger partial charge in [0, 0.05) is 4.90 Å². The lowest BCUT2D eigenvalue weighted by Gasteiger charge is -2.06. The molecule has 0 unspecified atom stereocenters. The molecule has 0 radical (unpaired) electrons. The van der Waals surface area contributed by atoms with Crippen molar-refractivity contribution in [2.24, 2.45) is 0 Å². The lowest BCUT2D eigenvalue weighted by molar-refractivity contribution is 0.476. The lowest BCUT2D eigenvalue weighted by atomic mass is 10.3. The number of benzene rings is 2. The minimum Gasteiger partial charge on any atom is -0.505 e. The van der Waals surface area contributed by atoms with E-state index in [9.17, 15) is 9.50 Å². The molecule has 0 fully saturated rings. The average molecular weight is 463 g/mol. The monoisotopic (exact) mass is 460 g/mol. The van der Waals surface area contributed by atoms with Crippen molar-refractivity contribution < 1.29 is 9.50 Å². The van der Waals surface area contributed by atoms with Crippen LogP contribution >= 0.6 is 69.8 Å². The van der Waals surface area contributed by atoms with Crippen LogP contribution in [0.15, 0.2) is 40.6 Å². The van der Waals surface area contributed by atoms with E-state index >= 15 is 0 Å². The topological polar surface area (TPSA) is 20.2 Å². The molecule has 0 bridgehead atoms. The number of halogens is 6. The van der Waals surface area contributed by atoms with Crippen molar-refractivity contribution in [2.45, 2.75) is 24.7 Å². The molecule has 0 heterocycles. The van der Waals surface area contributed by atoms with Gasteiger partial charge in [0.1, 0.15) is 15.9 Å². The molecule has 2 aromatic rings. The van der Waals surface area contributed by atoms with Crippen LogP contribution in [0.1, 0.15) is 19.8 Å². The number of hydrogen-bond acceptors (Lipinski definition) is 2. The van der Waals surface area contributed by atoms with Gasteiger partial charge in [0.15, 0.2) is 5.75 Å². The van der Waals surface area contributed by atoms with E-state index < -0.39 is 0 Å². The minimum atomic E-state index is -0.363.